The molecule has 0 bridgehead atoms. The number of hydrogen-bond donors (Lipinski definition) is 1. The number of hydrogen-bond acceptors (Lipinski definition) is 2. The summed E-state index contributed by atoms with van der Waals surface area (Å²) in [5, 5.41) is 11.0. The second-order valence-electron chi connectivity index (χ2n) is 3.42. The summed E-state index contributed by atoms with van der Waals surface area (Å²) in [7, 11) is 0. The first kappa shape index (κ1) is 10.5. The first-order valence-electron chi connectivity index (χ1n) is 4.56. The zero-order valence-corrected chi connectivity index (χ0v) is 8.33. The highest BCUT2D eigenvalue weighted by atomic mass is 19.3. The van der Waals surface area contributed by atoms with Gasteiger partial charge in [0, 0.05) is 6.07 Å². The number of non-ortho nitro benzene ring substituents is 1. The molecule has 84 valence electrons. The van der Waals surface area contributed by atoms with Crippen LogP contribution >= 0.6 is 0 Å². The third kappa shape index (κ3) is 1.42. The van der Waals surface area contributed by atoms with E-state index in [4.69, 9.17) is 0 Å². The summed E-state index contributed by atoms with van der Waals surface area (Å²) in [4.78, 5) is 12.7. The zero-order chi connectivity index (χ0) is 11.9. The monoisotopic (exact) mass is 226 g/mol. The quantitative estimate of drug-likeness (QED) is 0.630. The number of H-pyrrole nitrogens is 1. The van der Waals surface area contributed by atoms with Crippen LogP contribution in [0.2, 0.25) is 0 Å². The molecule has 4 nitrogen and oxygen atoms in total. The average molecular weight is 226 g/mol. The van der Waals surface area contributed by atoms with E-state index in [1.54, 1.807) is 6.07 Å². The number of alkyl halides is 2. The van der Waals surface area contributed by atoms with E-state index < -0.39 is 11.3 Å². The molecule has 1 aromatic carbocycles. The van der Waals surface area contributed by atoms with E-state index in [-0.39, 0.29) is 22.3 Å². The summed E-state index contributed by atoms with van der Waals surface area (Å²) in [6, 6.07) is 4.31. The Hall–Kier alpha value is -1.98. The van der Waals surface area contributed by atoms with Gasteiger partial charge in [0.25, 0.3) is 12.1 Å². The predicted octanol–water partition coefficient (Wildman–Crippen LogP) is 3.32. The van der Waals surface area contributed by atoms with E-state index in [0.29, 0.717) is 5.52 Å². The predicted molar refractivity (Wildman–Crippen MR) is 54.6 cm³/mol. The lowest BCUT2D eigenvalue weighted by Crippen LogP contribution is -1.89. The summed E-state index contributed by atoms with van der Waals surface area (Å²) < 4.78 is 25.2. The van der Waals surface area contributed by atoms with Crippen LogP contribution in [-0.4, -0.2) is 9.91 Å². The molecule has 0 aliphatic heterocycles. The molecule has 0 saturated heterocycles. The molecular weight excluding hydrogens is 218 g/mol. The fourth-order valence-electron chi connectivity index (χ4n) is 1.78. The number of nitrogens with zero attached hydrogens (tertiary/aromatic N) is 1. The molecule has 0 fully saturated rings. The van der Waals surface area contributed by atoms with Crippen molar-refractivity contribution >= 4 is 16.6 Å². The molecule has 1 aromatic heterocycles. The van der Waals surface area contributed by atoms with Crippen molar-refractivity contribution in [3.8, 4) is 0 Å². The van der Waals surface area contributed by atoms with Crippen molar-refractivity contribution < 1.29 is 13.7 Å². The molecule has 0 aliphatic carbocycles. The van der Waals surface area contributed by atoms with Gasteiger partial charge < -0.3 is 4.98 Å². The highest BCUT2D eigenvalue weighted by Crippen LogP contribution is 2.34. The van der Waals surface area contributed by atoms with E-state index in [2.05, 4.69) is 4.98 Å². The van der Waals surface area contributed by atoms with E-state index in [1.807, 2.05) is 0 Å². The Kier molecular flexibility index (Phi) is 2.34. The number of halogens is 2. The lowest BCUT2D eigenvalue weighted by Gasteiger charge is -1.96. The normalized spacial score (nSPS) is 11.2. The van der Waals surface area contributed by atoms with Gasteiger partial charge in [0.1, 0.15) is 0 Å². The molecule has 0 atom stereocenters. The van der Waals surface area contributed by atoms with Crippen molar-refractivity contribution in [3.05, 3.63) is 39.6 Å². The minimum Gasteiger partial charge on any atom is -0.353 e. The number of nitrogens with one attached hydrogen (secondary N) is 1. The first-order chi connectivity index (χ1) is 7.52. The summed E-state index contributed by atoms with van der Waals surface area (Å²) in [5.74, 6) is 0. The molecule has 0 unspecified atom stereocenters. The van der Waals surface area contributed by atoms with Gasteiger partial charge in [-0.25, -0.2) is 8.78 Å². The number of benzene rings is 1. The largest absolute Gasteiger partial charge is 0.353 e. The standard InChI is InChI=1S/C10H8F2N2O2/c1-5-8-6(13-9(5)10(11)12)3-2-4-7(8)14(15)16/h2-4,10,13H,1H3. The van der Waals surface area contributed by atoms with Crippen LogP contribution in [0.4, 0.5) is 14.5 Å². The number of aryl methyl sites for hydroxylation is 1. The van der Waals surface area contributed by atoms with Gasteiger partial charge >= 0.3 is 0 Å². The van der Waals surface area contributed by atoms with Crippen LogP contribution < -0.4 is 0 Å². The molecule has 0 saturated carbocycles. The Morgan fingerprint density at radius 2 is 2.12 bits per heavy atom. The van der Waals surface area contributed by atoms with Crippen molar-refractivity contribution in [1.29, 1.82) is 0 Å². The summed E-state index contributed by atoms with van der Waals surface area (Å²) >= 11 is 0. The van der Waals surface area contributed by atoms with Crippen molar-refractivity contribution in [2.45, 2.75) is 13.3 Å². The highest BCUT2D eigenvalue weighted by molar-refractivity contribution is 5.92. The van der Waals surface area contributed by atoms with Crippen molar-refractivity contribution in [2.24, 2.45) is 0 Å². The minimum atomic E-state index is -2.66. The van der Waals surface area contributed by atoms with Crippen LogP contribution in [0.1, 0.15) is 17.7 Å². The molecular formula is C10H8F2N2O2. The van der Waals surface area contributed by atoms with Crippen LogP contribution in [0.5, 0.6) is 0 Å². The molecule has 0 aliphatic rings. The number of aromatic nitrogens is 1. The fraction of sp³-hybridized carbons (Fsp3) is 0.200. The van der Waals surface area contributed by atoms with Gasteiger partial charge in [0.05, 0.1) is 21.5 Å². The fourth-order valence-corrected chi connectivity index (χ4v) is 1.78. The van der Waals surface area contributed by atoms with Crippen LogP contribution in [0.25, 0.3) is 10.9 Å². The van der Waals surface area contributed by atoms with Gasteiger partial charge in [0.2, 0.25) is 0 Å². The molecule has 0 spiro atoms. The first-order valence-corrected chi connectivity index (χ1v) is 4.56. The molecule has 2 aromatic rings. The lowest BCUT2D eigenvalue weighted by molar-refractivity contribution is -0.383. The lowest BCUT2D eigenvalue weighted by atomic mass is 10.1. The third-order valence-electron chi connectivity index (χ3n) is 2.51. The smallest absolute Gasteiger partial charge is 0.279 e. The summed E-state index contributed by atoms with van der Waals surface area (Å²) in [6.07, 6.45) is -2.66. The second kappa shape index (κ2) is 3.55. The van der Waals surface area contributed by atoms with E-state index in [0.717, 1.165) is 0 Å². The van der Waals surface area contributed by atoms with Gasteiger partial charge in [-0.05, 0) is 18.6 Å². The minimum absolute atomic E-state index is 0.154. The number of nitro benzene ring substituents is 1. The summed E-state index contributed by atoms with van der Waals surface area (Å²) in [5.41, 5.74) is 0.182. The Bertz CT molecular complexity index is 563. The second-order valence-corrected chi connectivity index (χ2v) is 3.42. The molecule has 0 amide bonds. The number of nitro groups is 1. The Morgan fingerprint density at radius 1 is 1.44 bits per heavy atom. The van der Waals surface area contributed by atoms with Gasteiger partial charge in [-0.3, -0.25) is 10.1 Å². The van der Waals surface area contributed by atoms with Gasteiger partial charge in [-0.1, -0.05) is 6.07 Å². The Morgan fingerprint density at radius 3 is 2.69 bits per heavy atom. The maximum absolute atomic E-state index is 12.6. The van der Waals surface area contributed by atoms with Crippen molar-refractivity contribution in [3.63, 3.8) is 0 Å². The van der Waals surface area contributed by atoms with Gasteiger partial charge in [-0.2, -0.15) is 0 Å². The van der Waals surface area contributed by atoms with Gasteiger partial charge in [0.15, 0.2) is 0 Å². The molecule has 2 rings (SSSR count). The highest BCUT2D eigenvalue weighted by Gasteiger charge is 2.21. The molecule has 16 heavy (non-hydrogen) atoms. The van der Waals surface area contributed by atoms with E-state index in [1.165, 1.54) is 19.1 Å². The summed E-state index contributed by atoms with van der Waals surface area (Å²) in [6.45, 7) is 1.45. The van der Waals surface area contributed by atoms with Crippen LogP contribution in [-0.2, 0) is 0 Å². The molecule has 6 heteroatoms. The Labute approximate surface area is 89.0 Å². The topological polar surface area (TPSA) is 58.9 Å². The van der Waals surface area contributed by atoms with E-state index >= 15 is 0 Å². The maximum atomic E-state index is 12.6. The molecule has 1 N–H and O–H groups in total. The zero-order valence-electron chi connectivity index (χ0n) is 8.33. The van der Waals surface area contributed by atoms with Crippen molar-refractivity contribution in [2.75, 3.05) is 0 Å². The van der Waals surface area contributed by atoms with Gasteiger partial charge in [-0.15, -0.1) is 0 Å². The number of aromatic amines is 1. The van der Waals surface area contributed by atoms with E-state index in [9.17, 15) is 18.9 Å². The van der Waals surface area contributed by atoms with Crippen LogP contribution in [0.15, 0.2) is 18.2 Å². The maximum Gasteiger partial charge on any atom is 0.279 e. The number of rotatable bonds is 2. The average Bonchev–Trinajstić information content (AvgIpc) is 2.56. The SMILES string of the molecule is Cc1c(C(F)F)[nH]c2cccc([N+](=O)[O-])c12. The molecule has 0 radical (unpaired) electrons. The Balaban J connectivity index is 2.82. The van der Waals surface area contributed by atoms with Crippen molar-refractivity contribution in [1.82, 2.24) is 4.98 Å². The molecule has 1 heterocycles. The number of fused-ring (bicyclic) bond motifs is 1. The van der Waals surface area contributed by atoms with Crippen LogP contribution in [0.3, 0.4) is 0 Å². The van der Waals surface area contributed by atoms with Crippen LogP contribution in [0, 0.1) is 17.0 Å². The third-order valence-corrected chi connectivity index (χ3v) is 2.51.